The predicted octanol–water partition coefficient (Wildman–Crippen LogP) is 1.32. The fourth-order valence-corrected chi connectivity index (χ4v) is 1.25. The molecule has 0 aromatic carbocycles. The number of nitrogens with one attached hydrogen (secondary N) is 1. The van der Waals surface area contributed by atoms with Gasteiger partial charge in [-0.1, -0.05) is 6.92 Å². The Hall–Kier alpha value is -1.41. The fraction of sp³-hybridized carbons (Fsp3) is 0.545. The van der Waals surface area contributed by atoms with Crippen LogP contribution < -0.4 is 5.32 Å². The normalized spacial score (nSPS) is 9.85. The Balaban J connectivity index is 4.57. The quantitative estimate of drug-likeness (QED) is 0.645. The van der Waals surface area contributed by atoms with Gasteiger partial charge in [0.15, 0.2) is 0 Å². The Kier molecular flexibility index (Phi) is 4.70. The van der Waals surface area contributed by atoms with E-state index < -0.39 is 5.54 Å². The van der Waals surface area contributed by atoms with Gasteiger partial charge in [-0.3, -0.25) is 4.79 Å². The first-order valence-electron chi connectivity index (χ1n) is 4.26. The molecule has 0 radical (unpaired) electrons. The van der Waals surface area contributed by atoms with Gasteiger partial charge in [-0.25, -0.2) is 0 Å². The van der Waals surface area contributed by atoms with Gasteiger partial charge in [0, 0.05) is 19.8 Å². The molecule has 0 aliphatic rings. The lowest BCUT2D eigenvalue weighted by Crippen LogP contribution is -2.46. The maximum atomic E-state index is 10.9. The third-order valence-corrected chi connectivity index (χ3v) is 2.00. The number of carbonyl (C=O) groups is 1. The Morgan fingerprint density at radius 3 is 2.08 bits per heavy atom. The summed E-state index contributed by atoms with van der Waals surface area (Å²) in [7, 11) is 0. The summed E-state index contributed by atoms with van der Waals surface area (Å²) in [4.78, 5) is 10.9. The molecular formula is C11H15NO. The molecule has 1 N–H and O–H groups in total. The molecule has 0 aromatic rings. The lowest BCUT2D eigenvalue weighted by molar-refractivity contribution is -0.120. The molecule has 70 valence electrons. The maximum absolute atomic E-state index is 10.9. The van der Waals surface area contributed by atoms with Crippen LogP contribution in [0.15, 0.2) is 0 Å². The fourth-order valence-electron chi connectivity index (χ4n) is 1.25. The summed E-state index contributed by atoms with van der Waals surface area (Å²) in [6.07, 6.45) is 12.2. The summed E-state index contributed by atoms with van der Waals surface area (Å²) in [6.45, 7) is 3.43. The van der Waals surface area contributed by atoms with Gasteiger partial charge in [0.05, 0.1) is 5.54 Å². The van der Waals surface area contributed by atoms with Crippen molar-refractivity contribution in [3.8, 4) is 24.7 Å². The second kappa shape index (κ2) is 5.27. The van der Waals surface area contributed by atoms with Crippen LogP contribution in [0.1, 0.15) is 33.1 Å². The van der Waals surface area contributed by atoms with Crippen LogP contribution in [0, 0.1) is 24.7 Å². The molecule has 0 aliphatic carbocycles. The minimum absolute atomic E-state index is 0.0904. The van der Waals surface area contributed by atoms with Gasteiger partial charge in [-0.15, -0.1) is 24.7 Å². The van der Waals surface area contributed by atoms with Gasteiger partial charge in [-0.2, -0.15) is 0 Å². The van der Waals surface area contributed by atoms with Crippen molar-refractivity contribution in [3.05, 3.63) is 0 Å². The number of terminal acetylenes is 2. The van der Waals surface area contributed by atoms with Crippen molar-refractivity contribution in [1.82, 2.24) is 5.32 Å². The first-order chi connectivity index (χ1) is 6.10. The molecule has 0 aliphatic heterocycles. The monoisotopic (exact) mass is 177 g/mol. The zero-order chi connectivity index (χ0) is 10.3. The third-order valence-electron chi connectivity index (χ3n) is 2.00. The van der Waals surface area contributed by atoms with Crippen LogP contribution in [-0.4, -0.2) is 11.4 Å². The topological polar surface area (TPSA) is 29.1 Å². The Morgan fingerprint density at radius 1 is 1.38 bits per heavy atom. The molecule has 0 spiro atoms. The zero-order valence-corrected chi connectivity index (χ0v) is 8.18. The van der Waals surface area contributed by atoms with E-state index in [2.05, 4.69) is 17.2 Å². The van der Waals surface area contributed by atoms with Gasteiger partial charge in [0.25, 0.3) is 0 Å². The van der Waals surface area contributed by atoms with E-state index in [9.17, 15) is 4.79 Å². The highest BCUT2D eigenvalue weighted by atomic mass is 16.1. The molecule has 0 saturated carbocycles. The van der Waals surface area contributed by atoms with Crippen molar-refractivity contribution in [2.45, 2.75) is 38.6 Å². The smallest absolute Gasteiger partial charge is 0.217 e. The second-order valence-electron chi connectivity index (χ2n) is 3.08. The molecule has 0 bridgehead atoms. The van der Waals surface area contributed by atoms with Crippen molar-refractivity contribution < 1.29 is 4.79 Å². The van der Waals surface area contributed by atoms with E-state index >= 15 is 0 Å². The highest BCUT2D eigenvalue weighted by molar-refractivity contribution is 5.74. The minimum atomic E-state index is -0.407. The number of carbonyl (C=O) groups excluding carboxylic acids is 1. The number of amides is 1. The van der Waals surface area contributed by atoms with Crippen molar-refractivity contribution in [2.75, 3.05) is 0 Å². The number of rotatable bonds is 4. The molecule has 2 heteroatoms. The van der Waals surface area contributed by atoms with E-state index in [1.165, 1.54) is 6.92 Å². The summed E-state index contributed by atoms with van der Waals surface area (Å²) in [5.41, 5.74) is -0.407. The summed E-state index contributed by atoms with van der Waals surface area (Å²) in [5, 5.41) is 2.82. The van der Waals surface area contributed by atoms with Crippen LogP contribution in [0.5, 0.6) is 0 Å². The van der Waals surface area contributed by atoms with Gasteiger partial charge < -0.3 is 5.32 Å². The Bertz CT molecular complexity index is 238. The molecule has 0 fully saturated rings. The Labute approximate surface area is 80.1 Å². The van der Waals surface area contributed by atoms with E-state index in [0.29, 0.717) is 12.8 Å². The van der Waals surface area contributed by atoms with Crippen LogP contribution >= 0.6 is 0 Å². The number of hydrogen-bond acceptors (Lipinski definition) is 1. The van der Waals surface area contributed by atoms with Crippen LogP contribution in [0.25, 0.3) is 0 Å². The maximum Gasteiger partial charge on any atom is 0.217 e. The molecule has 0 unspecified atom stereocenters. The molecule has 13 heavy (non-hydrogen) atoms. The lowest BCUT2D eigenvalue weighted by atomic mass is 9.89. The van der Waals surface area contributed by atoms with Crippen molar-refractivity contribution in [3.63, 3.8) is 0 Å². The standard InChI is InChI=1S/C11H15NO/c1-5-8-11(7-3,9-6-2)12-10(4)13/h1-2H,7-9H2,3-4H3,(H,12,13). The largest absolute Gasteiger partial charge is 0.349 e. The molecule has 1 amide bonds. The van der Waals surface area contributed by atoms with E-state index in [4.69, 9.17) is 12.8 Å². The van der Waals surface area contributed by atoms with E-state index in [0.717, 1.165) is 6.42 Å². The molecule has 0 atom stereocenters. The van der Waals surface area contributed by atoms with E-state index in [1.807, 2.05) is 6.92 Å². The molecule has 0 heterocycles. The molecule has 0 saturated heterocycles. The van der Waals surface area contributed by atoms with Crippen molar-refractivity contribution in [2.24, 2.45) is 0 Å². The Morgan fingerprint density at radius 2 is 1.85 bits per heavy atom. The van der Waals surface area contributed by atoms with Crippen LogP contribution in [-0.2, 0) is 4.79 Å². The van der Waals surface area contributed by atoms with Crippen LogP contribution in [0.3, 0.4) is 0 Å². The van der Waals surface area contributed by atoms with Crippen LogP contribution in [0.4, 0.5) is 0 Å². The second-order valence-corrected chi connectivity index (χ2v) is 3.08. The van der Waals surface area contributed by atoms with Gasteiger partial charge in [-0.05, 0) is 6.42 Å². The summed E-state index contributed by atoms with van der Waals surface area (Å²) in [5.74, 6) is 4.99. The molecular weight excluding hydrogens is 162 g/mol. The zero-order valence-electron chi connectivity index (χ0n) is 8.18. The van der Waals surface area contributed by atoms with Gasteiger partial charge in [0.2, 0.25) is 5.91 Å². The summed E-state index contributed by atoms with van der Waals surface area (Å²) in [6, 6.07) is 0. The third kappa shape index (κ3) is 3.67. The lowest BCUT2D eigenvalue weighted by Gasteiger charge is -2.29. The van der Waals surface area contributed by atoms with Crippen molar-refractivity contribution in [1.29, 1.82) is 0 Å². The first kappa shape index (κ1) is 11.6. The average molecular weight is 177 g/mol. The van der Waals surface area contributed by atoms with E-state index in [-0.39, 0.29) is 5.91 Å². The number of hydrogen-bond donors (Lipinski definition) is 1. The minimum Gasteiger partial charge on any atom is -0.349 e. The summed E-state index contributed by atoms with van der Waals surface area (Å²) < 4.78 is 0. The summed E-state index contributed by atoms with van der Waals surface area (Å²) >= 11 is 0. The average Bonchev–Trinajstić information content (AvgIpc) is 2.04. The predicted molar refractivity (Wildman–Crippen MR) is 53.7 cm³/mol. The van der Waals surface area contributed by atoms with Gasteiger partial charge >= 0.3 is 0 Å². The van der Waals surface area contributed by atoms with Crippen molar-refractivity contribution >= 4 is 5.91 Å². The highest BCUT2D eigenvalue weighted by Crippen LogP contribution is 2.18. The molecule has 2 nitrogen and oxygen atoms in total. The van der Waals surface area contributed by atoms with Gasteiger partial charge in [0.1, 0.15) is 0 Å². The first-order valence-corrected chi connectivity index (χ1v) is 4.26. The highest BCUT2D eigenvalue weighted by Gasteiger charge is 2.26. The van der Waals surface area contributed by atoms with Crippen LogP contribution in [0.2, 0.25) is 0 Å². The SMILES string of the molecule is C#CCC(CC)(CC#C)NC(C)=O. The molecule has 0 rings (SSSR count). The molecule has 0 aromatic heterocycles. The van der Waals surface area contributed by atoms with E-state index in [1.54, 1.807) is 0 Å².